The quantitative estimate of drug-likeness (QED) is 0.138. The zero-order chi connectivity index (χ0) is 36.6. The molecule has 0 radical (unpaired) electrons. The van der Waals surface area contributed by atoms with Crippen LogP contribution in [-0.2, 0) is 44.9 Å². The standard InChI is InChI=1S/C35H44F6N2O6/c1-7-11-22-19-26-25(20-48-33(26,34(36,37)38)35(39,40)41)24(12-8-2)27(22)47-18-10-9-17-43-29(45)32(6,42-30(43)46)23-15-13-21(14-16-23)28(44)49-31(3,4)5/h13-16,19,30,42,46H,7-12,17-18,20H2,1-6H3. The molecule has 8 nitrogen and oxygen atoms in total. The molecule has 0 spiro atoms. The number of aliphatic hydroxyl groups excluding tert-OH is 1. The SMILES string of the molecule is CCCc1cc2c(c(CCC)c1OCCCCN1C(=O)C(C)(c3ccc(C(=O)OC(C)(C)C)cc3)NC1O)COC2(C(F)(F)F)C(F)(F)F. The van der Waals surface area contributed by atoms with Gasteiger partial charge in [0.2, 0.25) is 5.91 Å². The summed E-state index contributed by atoms with van der Waals surface area (Å²) in [7, 11) is 0. The molecule has 2 N–H and O–H groups in total. The van der Waals surface area contributed by atoms with Crippen LogP contribution in [-0.4, -0.2) is 59.3 Å². The minimum Gasteiger partial charge on any atom is -0.493 e. The number of benzene rings is 2. The minimum atomic E-state index is -5.72. The van der Waals surface area contributed by atoms with E-state index in [4.69, 9.17) is 9.47 Å². The van der Waals surface area contributed by atoms with Gasteiger partial charge in [-0.25, -0.2) is 4.79 Å². The molecule has 0 saturated carbocycles. The maximum atomic E-state index is 14.1. The van der Waals surface area contributed by atoms with Gasteiger partial charge in [-0.3, -0.25) is 10.1 Å². The van der Waals surface area contributed by atoms with Crippen molar-refractivity contribution in [2.24, 2.45) is 0 Å². The van der Waals surface area contributed by atoms with Crippen molar-refractivity contribution < 1.29 is 55.2 Å². The molecule has 272 valence electrons. The first kappa shape index (κ1) is 38.4. The molecule has 4 rings (SSSR count). The van der Waals surface area contributed by atoms with Crippen molar-refractivity contribution in [2.45, 2.75) is 122 Å². The van der Waals surface area contributed by atoms with Gasteiger partial charge in [0, 0.05) is 17.7 Å². The fourth-order valence-corrected chi connectivity index (χ4v) is 6.40. The second-order valence-electron chi connectivity index (χ2n) is 13.6. The van der Waals surface area contributed by atoms with Gasteiger partial charge in [0.1, 0.15) is 16.9 Å². The van der Waals surface area contributed by atoms with Gasteiger partial charge in [0.05, 0.1) is 18.8 Å². The van der Waals surface area contributed by atoms with Gasteiger partial charge < -0.3 is 24.2 Å². The van der Waals surface area contributed by atoms with Crippen LogP contribution in [0.15, 0.2) is 30.3 Å². The Morgan fingerprint density at radius 3 is 2.18 bits per heavy atom. The highest BCUT2D eigenvalue weighted by atomic mass is 19.4. The van der Waals surface area contributed by atoms with Gasteiger partial charge in [0.15, 0.2) is 6.35 Å². The van der Waals surface area contributed by atoms with Crippen LogP contribution in [0.2, 0.25) is 0 Å². The molecule has 1 saturated heterocycles. The third-order valence-electron chi connectivity index (χ3n) is 8.74. The molecule has 1 amide bonds. The number of carbonyl (C=O) groups excluding carboxylic acids is 2. The lowest BCUT2D eigenvalue weighted by molar-refractivity contribution is -0.385. The van der Waals surface area contributed by atoms with E-state index in [-0.39, 0.29) is 48.4 Å². The van der Waals surface area contributed by atoms with Gasteiger partial charge >= 0.3 is 18.3 Å². The van der Waals surface area contributed by atoms with Crippen molar-refractivity contribution in [3.63, 3.8) is 0 Å². The minimum absolute atomic E-state index is 0.0751. The van der Waals surface area contributed by atoms with Crippen molar-refractivity contribution in [3.8, 4) is 5.75 Å². The molecule has 1 fully saturated rings. The number of aliphatic hydroxyl groups is 1. The first-order chi connectivity index (χ1) is 22.7. The van der Waals surface area contributed by atoms with Gasteiger partial charge in [-0.05, 0) is 88.3 Å². The normalized spacial score (nSPS) is 20.9. The summed E-state index contributed by atoms with van der Waals surface area (Å²) in [4.78, 5) is 27.1. The first-order valence-electron chi connectivity index (χ1n) is 16.4. The highest BCUT2D eigenvalue weighted by Gasteiger charge is 2.76. The Hall–Kier alpha value is -3.36. The Morgan fingerprint density at radius 2 is 1.63 bits per heavy atom. The van der Waals surface area contributed by atoms with Crippen molar-refractivity contribution in [2.75, 3.05) is 13.2 Å². The maximum Gasteiger partial charge on any atom is 0.430 e. The molecule has 2 aliphatic rings. The van der Waals surface area contributed by atoms with Gasteiger partial charge in [-0.1, -0.05) is 38.8 Å². The summed E-state index contributed by atoms with van der Waals surface area (Å²) in [6, 6.07) is 7.27. The first-order valence-corrected chi connectivity index (χ1v) is 16.4. The summed E-state index contributed by atoms with van der Waals surface area (Å²) in [6.07, 6.45) is -10.7. The number of nitrogens with zero attached hydrogens (tertiary/aromatic N) is 1. The summed E-state index contributed by atoms with van der Waals surface area (Å²) in [5.41, 5.74) is -6.08. The summed E-state index contributed by atoms with van der Waals surface area (Å²) >= 11 is 0. The lowest BCUT2D eigenvalue weighted by atomic mass is 9.84. The van der Waals surface area contributed by atoms with Crippen molar-refractivity contribution in [1.82, 2.24) is 10.2 Å². The number of fused-ring (bicyclic) bond motifs is 1. The molecule has 2 aromatic rings. The molecular weight excluding hydrogens is 658 g/mol. The van der Waals surface area contributed by atoms with E-state index in [0.717, 1.165) is 6.07 Å². The molecule has 2 unspecified atom stereocenters. The maximum absolute atomic E-state index is 14.1. The average Bonchev–Trinajstić information content (AvgIpc) is 3.49. The highest BCUT2D eigenvalue weighted by Crippen LogP contribution is 2.58. The third-order valence-corrected chi connectivity index (χ3v) is 8.74. The van der Waals surface area contributed by atoms with E-state index in [1.165, 1.54) is 4.90 Å². The van der Waals surface area contributed by atoms with Crippen LogP contribution in [0.3, 0.4) is 0 Å². The number of carbonyl (C=O) groups is 2. The van der Waals surface area contributed by atoms with Gasteiger partial charge in [0.25, 0.3) is 5.60 Å². The van der Waals surface area contributed by atoms with Crippen LogP contribution < -0.4 is 10.1 Å². The lowest BCUT2D eigenvalue weighted by Gasteiger charge is -2.34. The number of rotatable bonds is 12. The van der Waals surface area contributed by atoms with E-state index in [9.17, 15) is 41.0 Å². The van der Waals surface area contributed by atoms with E-state index in [0.29, 0.717) is 36.8 Å². The molecule has 2 heterocycles. The zero-order valence-corrected chi connectivity index (χ0v) is 28.5. The zero-order valence-electron chi connectivity index (χ0n) is 28.5. The Kier molecular flexibility index (Phi) is 11.1. The van der Waals surface area contributed by atoms with E-state index in [1.54, 1.807) is 65.8 Å². The molecule has 2 aromatic carbocycles. The fourth-order valence-electron chi connectivity index (χ4n) is 6.40. The molecule has 2 aliphatic heterocycles. The summed E-state index contributed by atoms with van der Waals surface area (Å²) in [5.74, 6) is -0.628. The molecule has 0 aromatic heterocycles. The molecular formula is C35H44F6N2O6. The number of alkyl halides is 6. The van der Waals surface area contributed by atoms with Gasteiger partial charge in [-0.2, -0.15) is 26.3 Å². The van der Waals surface area contributed by atoms with Crippen molar-refractivity contribution in [3.05, 3.63) is 63.7 Å². The summed E-state index contributed by atoms with van der Waals surface area (Å²) < 4.78 is 101. The second kappa shape index (κ2) is 14.1. The smallest absolute Gasteiger partial charge is 0.430 e. The van der Waals surface area contributed by atoms with Crippen LogP contribution in [0.1, 0.15) is 105 Å². The Labute approximate surface area is 282 Å². The number of ether oxygens (including phenoxy) is 3. The van der Waals surface area contributed by atoms with Crippen LogP contribution in [0.4, 0.5) is 26.3 Å². The molecule has 2 atom stereocenters. The predicted molar refractivity (Wildman–Crippen MR) is 168 cm³/mol. The van der Waals surface area contributed by atoms with Crippen LogP contribution in [0, 0.1) is 0 Å². The van der Waals surface area contributed by atoms with E-state index in [2.05, 4.69) is 10.1 Å². The van der Waals surface area contributed by atoms with Crippen LogP contribution in [0.5, 0.6) is 5.75 Å². The van der Waals surface area contributed by atoms with E-state index in [1.807, 2.05) is 0 Å². The Bertz CT molecular complexity index is 1500. The third kappa shape index (κ3) is 7.41. The number of hydrogen-bond donors (Lipinski definition) is 2. The predicted octanol–water partition coefficient (Wildman–Crippen LogP) is 7.18. The Morgan fingerprint density at radius 1 is 1.02 bits per heavy atom. The summed E-state index contributed by atoms with van der Waals surface area (Å²) in [6.45, 7) is 9.79. The second-order valence-corrected chi connectivity index (χ2v) is 13.6. The average molecular weight is 703 g/mol. The largest absolute Gasteiger partial charge is 0.493 e. The number of aryl methyl sites for hydroxylation is 1. The van der Waals surface area contributed by atoms with Gasteiger partial charge in [-0.15, -0.1) is 0 Å². The van der Waals surface area contributed by atoms with E-state index < -0.39 is 59.5 Å². The van der Waals surface area contributed by atoms with Crippen molar-refractivity contribution in [1.29, 1.82) is 0 Å². The molecule has 14 heteroatoms. The lowest BCUT2D eigenvalue weighted by Crippen LogP contribution is -2.53. The summed E-state index contributed by atoms with van der Waals surface area (Å²) in [5, 5.41) is 13.6. The number of halogens is 6. The monoisotopic (exact) mass is 702 g/mol. The number of nitrogens with one attached hydrogen (secondary N) is 1. The number of hydrogen-bond acceptors (Lipinski definition) is 7. The molecule has 0 bridgehead atoms. The fraction of sp³-hybridized carbons (Fsp3) is 0.600. The highest BCUT2D eigenvalue weighted by molar-refractivity contribution is 5.91. The van der Waals surface area contributed by atoms with Crippen LogP contribution in [0.25, 0.3) is 0 Å². The number of unbranched alkanes of at least 4 members (excludes halogenated alkanes) is 1. The van der Waals surface area contributed by atoms with Crippen molar-refractivity contribution >= 4 is 11.9 Å². The topological polar surface area (TPSA) is 97.3 Å². The molecule has 0 aliphatic carbocycles. The molecule has 49 heavy (non-hydrogen) atoms. The number of amides is 1. The Balaban J connectivity index is 1.46. The number of esters is 1. The van der Waals surface area contributed by atoms with Crippen LogP contribution >= 0.6 is 0 Å². The van der Waals surface area contributed by atoms with E-state index >= 15 is 0 Å².